The van der Waals surface area contributed by atoms with E-state index in [2.05, 4.69) is 4.37 Å². The van der Waals surface area contributed by atoms with E-state index >= 15 is 4.39 Å². The van der Waals surface area contributed by atoms with Gasteiger partial charge >= 0.3 is 0 Å². The predicted molar refractivity (Wildman–Crippen MR) is 102 cm³/mol. The maximum atomic E-state index is 15.3. The summed E-state index contributed by atoms with van der Waals surface area (Å²) in [6, 6.07) is 12.3. The second-order valence-electron chi connectivity index (χ2n) is 6.75. The summed E-state index contributed by atoms with van der Waals surface area (Å²) in [4.78, 5) is 2.02. The van der Waals surface area contributed by atoms with Gasteiger partial charge in [0.1, 0.15) is 5.82 Å². The summed E-state index contributed by atoms with van der Waals surface area (Å²) < 4.78 is 59.2. The molecule has 2 aromatic carbocycles. The van der Waals surface area contributed by atoms with Gasteiger partial charge in [0.05, 0.1) is 15.3 Å². The minimum absolute atomic E-state index is 0.0217. The standard InChI is InChI=1S/C19H18F2N2O2S2/c20-14-6-7-16-17(22-26-18(16)12-14)13-23-10-8-19(21,9-11-23)27(24,25)15-4-2-1-3-5-15/h1-7,12H,8-11,13H2. The summed E-state index contributed by atoms with van der Waals surface area (Å²) in [6.07, 6.45) is -0.165. The van der Waals surface area contributed by atoms with Crippen LogP contribution in [0.5, 0.6) is 0 Å². The number of sulfone groups is 1. The molecule has 1 aliphatic rings. The van der Waals surface area contributed by atoms with Crippen molar-refractivity contribution in [3.8, 4) is 0 Å². The van der Waals surface area contributed by atoms with Crippen LogP contribution in [0.1, 0.15) is 18.5 Å². The van der Waals surface area contributed by atoms with Gasteiger partial charge in [-0.3, -0.25) is 4.90 Å². The van der Waals surface area contributed by atoms with Gasteiger partial charge in [0.15, 0.2) is 0 Å². The van der Waals surface area contributed by atoms with Crippen LogP contribution in [0, 0.1) is 5.82 Å². The second-order valence-corrected chi connectivity index (χ2v) is 9.76. The number of alkyl halides is 1. The SMILES string of the molecule is O=S(=O)(c1ccccc1)C1(F)CCN(Cc2nsc3cc(F)ccc23)CC1. The number of benzene rings is 2. The molecule has 0 N–H and O–H groups in total. The quantitative estimate of drug-likeness (QED) is 0.650. The minimum atomic E-state index is -4.04. The van der Waals surface area contributed by atoms with E-state index < -0.39 is 14.8 Å². The Bertz CT molecular complexity index is 1060. The lowest BCUT2D eigenvalue weighted by Gasteiger charge is -2.35. The third kappa shape index (κ3) is 3.37. The fourth-order valence-electron chi connectivity index (χ4n) is 3.41. The third-order valence-corrected chi connectivity index (χ3v) is 8.13. The van der Waals surface area contributed by atoms with Gasteiger partial charge in [0.25, 0.3) is 0 Å². The minimum Gasteiger partial charge on any atom is -0.297 e. The van der Waals surface area contributed by atoms with Crippen LogP contribution >= 0.6 is 11.5 Å². The summed E-state index contributed by atoms with van der Waals surface area (Å²) in [5, 5.41) is -1.37. The van der Waals surface area contributed by atoms with Crippen LogP contribution in [-0.4, -0.2) is 35.8 Å². The van der Waals surface area contributed by atoms with Crippen molar-refractivity contribution in [1.82, 2.24) is 9.27 Å². The molecule has 3 aromatic rings. The Morgan fingerprint density at radius 3 is 2.52 bits per heavy atom. The highest BCUT2D eigenvalue weighted by Gasteiger charge is 2.47. The van der Waals surface area contributed by atoms with Crippen molar-refractivity contribution >= 4 is 31.5 Å². The van der Waals surface area contributed by atoms with Gasteiger partial charge in [-0.2, -0.15) is 4.37 Å². The normalized spacial score (nSPS) is 18.0. The lowest BCUT2D eigenvalue weighted by atomic mass is 10.1. The number of hydrogen-bond donors (Lipinski definition) is 0. The molecule has 0 saturated carbocycles. The molecule has 8 heteroatoms. The number of halogens is 2. The summed E-state index contributed by atoms with van der Waals surface area (Å²) in [5.74, 6) is -0.302. The highest BCUT2D eigenvalue weighted by molar-refractivity contribution is 7.92. The Morgan fingerprint density at radius 2 is 1.81 bits per heavy atom. The van der Waals surface area contributed by atoms with Gasteiger partial charge in [-0.1, -0.05) is 18.2 Å². The first-order chi connectivity index (χ1) is 12.9. The van der Waals surface area contributed by atoms with Crippen molar-refractivity contribution in [2.24, 2.45) is 0 Å². The molecular weight excluding hydrogens is 390 g/mol. The zero-order chi connectivity index (χ0) is 19.1. The van der Waals surface area contributed by atoms with Crippen LogP contribution in [0.3, 0.4) is 0 Å². The van der Waals surface area contributed by atoms with E-state index in [4.69, 9.17) is 0 Å². The summed E-state index contributed by atoms with van der Waals surface area (Å²) in [6.45, 7) is 1.14. The maximum absolute atomic E-state index is 15.3. The number of nitrogens with zero attached hydrogens (tertiary/aromatic N) is 2. The van der Waals surface area contributed by atoms with Crippen LogP contribution in [0.2, 0.25) is 0 Å². The fourth-order valence-corrected chi connectivity index (χ4v) is 5.89. The van der Waals surface area contributed by atoms with E-state index in [0.29, 0.717) is 19.6 Å². The van der Waals surface area contributed by atoms with E-state index in [0.717, 1.165) is 15.8 Å². The molecule has 0 atom stereocenters. The summed E-state index contributed by atoms with van der Waals surface area (Å²) >= 11 is 1.23. The molecule has 1 fully saturated rings. The molecule has 4 nitrogen and oxygen atoms in total. The Labute approximate surface area is 160 Å². The molecule has 1 saturated heterocycles. The van der Waals surface area contributed by atoms with Gasteiger partial charge in [0.2, 0.25) is 14.8 Å². The highest BCUT2D eigenvalue weighted by Crippen LogP contribution is 2.37. The lowest BCUT2D eigenvalue weighted by Crippen LogP contribution is -2.46. The Kier molecular flexibility index (Phi) is 4.73. The van der Waals surface area contributed by atoms with Gasteiger partial charge in [-0.15, -0.1) is 0 Å². The molecule has 0 radical (unpaired) electrons. The van der Waals surface area contributed by atoms with Crippen molar-refractivity contribution in [2.75, 3.05) is 13.1 Å². The Morgan fingerprint density at radius 1 is 1.11 bits per heavy atom. The molecule has 2 heterocycles. The van der Waals surface area contributed by atoms with Crippen LogP contribution in [0.25, 0.3) is 10.1 Å². The van der Waals surface area contributed by atoms with Crippen LogP contribution in [-0.2, 0) is 16.4 Å². The van der Waals surface area contributed by atoms with Crippen LogP contribution in [0.4, 0.5) is 8.78 Å². The molecule has 0 bridgehead atoms. The zero-order valence-corrected chi connectivity index (χ0v) is 16.1. The molecule has 4 rings (SSSR count). The zero-order valence-electron chi connectivity index (χ0n) is 14.4. The molecule has 27 heavy (non-hydrogen) atoms. The number of fused-ring (bicyclic) bond motifs is 1. The molecule has 142 valence electrons. The first kappa shape index (κ1) is 18.5. The average molecular weight is 408 g/mol. The van der Waals surface area contributed by atoms with E-state index in [-0.39, 0.29) is 23.6 Å². The third-order valence-electron chi connectivity index (χ3n) is 5.02. The summed E-state index contributed by atoms with van der Waals surface area (Å²) in [7, 11) is -4.04. The Balaban J connectivity index is 1.48. The Hall–Kier alpha value is -1.90. The number of likely N-dealkylation sites (tertiary alicyclic amines) is 1. The van der Waals surface area contributed by atoms with Crippen molar-refractivity contribution in [3.63, 3.8) is 0 Å². The number of aromatic nitrogens is 1. The lowest BCUT2D eigenvalue weighted by molar-refractivity contribution is 0.115. The molecule has 0 aliphatic carbocycles. The molecule has 0 unspecified atom stereocenters. The summed E-state index contributed by atoms with van der Waals surface area (Å²) in [5.41, 5.74) is 0.812. The number of piperidine rings is 1. The van der Waals surface area contributed by atoms with E-state index in [1.54, 1.807) is 24.3 Å². The predicted octanol–water partition coefficient (Wildman–Crippen LogP) is 4.17. The first-order valence-electron chi connectivity index (χ1n) is 8.64. The monoisotopic (exact) mass is 408 g/mol. The van der Waals surface area contributed by atoms with Gasteiger partial charge in [-0.05, 0) is 41.9 Å². The average Bonchev–Trinajstić information content (AvgIpc) is 3.06. The van der Waals surface area contributed by atoms with Gasteiger partial charge < -0.3 is 0 Å². The van der Waals surface area contributed by atoms with Crippen molar-refractivity contribution in [3.05, 3.63) is 60.0 Å². The first-order valence-corrected chi connectivity index (χ1v) is 10.9. The number of rotatable bonds is 4. The smallest absolute Gasteiger partial charge is 0.217 e. The van der Waals surface area contributed by atoms with E-state index in [1.807, 2.05) is 4.90 Å². The largest absolute Gasteiger partial charge is 0.297 e. The highest BCUT2D eigenvalue weighted by atomic mass is 32.2. The number of hydrogen-bond acceptors (Lipinski definition) is 5. The fraction of sp³-hybridized carbons (Fsp3) is 0.316. The van der Waals surface area contributed by atoms with Crippen molar-refractivity contribution in [2.45, 2.75) is 29.3 Å². The van der Waals surface area contributed by atoms with Crippen LogP contribution in [0.15, 0.2) is 53.4 Å². The van der Waals surface area contributed by atoms with E-state index in [9.17, 15) is 12.8 Å². The topological polar surface area (TPSA) is 50.3 Å². The van der Waals surface area contributed by atoms with Gasteiger partial charge in [0, 0.05) is 37.9 Å². The molecule has 0 spiro atoms. The van der Waals surface area contributed by atoms with Crippen molar-refractivity contribution < 1.29 is 17.2 Å². The van der Waals surface area contributed by atoms with Gasteiger partial charge in [-0.25, -0.2) is 17.2 Å². The molecule has 1 aliphatic heterocycles. The molecular formula is C19H18F2N2O2S2. The van der Waals surface area contributed by atoms with Crippen molar-refractivity contribution in [1.29, 1.82) is 0 Å². The molecule has 1 aromatic heterocycles. The maximum Gasteiger partial charge on any atom is 0.217 e. The molecule has 0 amide bonds. The van der Waals surface area contributed by atoms with Crippen LogP contribution < -0.4 is 0 Å². The van der Waals surface area contributed by atoms with E-state index in [1.165, 1.54) is 35.8 Å². The second kappa shape index (κ2) is 6.92.